The van der Waals surface area contributed by atoms with E-state index in [0.29, 0.717) is 5.92 Å². The third-order valence-corrected chi connectivity index (χ3v) is 3.53. The molecule has 0 bridgehead atoms. The summed E-state index contributed by atoms with van der Waals surface area (Å²) in [6.07, 6.45) is 8.63. The zero-order valence-corrected chi connectivity index (χ0v) is 13.4. The molecule has 106 valence electrons. The zero-order chi connectivity index (χ0) is 15.1. The fourth-order valence-electron chi connectivity index (χ4n) is 1.75. The smallest absolute Gasteiger partial charge is 0.0227 e. The predicted octanol–water partition coefficient (Wildman–Crippen LogP) is 6.11. The van der Waals surface area contributed by atoms with E-state index >= 15 is 0 Å². The molecule has 0 amide bonds. The van der Waals surface area contributed by atoms with Crippen LogP contribution in [-0.4, -0.2) is 0 Å². The Kier molecular flexibility index (Phi) is 6.24. The van der Waals surface area contributed by atoms with Gasteiger partial charge in [-0.15, -0.1) is 0 Å². The van der Waals surface area contributed by atoms with E-state index in [0.717, 1.165) is 5.57 Å². The van der Waals surface area contributed by atoms with E-state index < -0.39 is 0 Å². The van der Waals surface area contributed by atoms with Gasteiger partial charge in [0.15, 0.2) is 0 Å². The van der Waals surface area contributed by atoms with Crippen molar-refractivity contribution in [3.05, 3.63) is 76.9 Å². The van der Waals surface area contributed by atoms with E-state index in [9.17, 15) is 0 Å². The molecule has 0 radical (unpaired) electrons. The first kappa shape index (κ1) is 16.2. The summed E-state index contributed by atoms with van der Waals surface area (Å²) in [4.78, 5) is 0. The minimum absolute atomic E-state index is 0.568. The molecule has 1 aromatic rings. The number of rotatable bonds is 5. The van der Waals surface area contributed by atoms with Gasteiger partial charge in [0.05, 0.1) is 0 Å². The summed E-state index contributed by atoms with van der Waals surface area (Å²) in [5, 5.41) is 0. The molecule has 0 aliphatic carbocycles. The Morgan fingerprint density at radius 1 is 1.15 bits per heavy atom. The van der Waals surface area contributed by atoms with E-state index in [4.69, 9.17) is 0 Å². The van der Waals surface area contributed by atoms with Crippen LogP contribution in [0.15, 0.2) is 65.8 Å². The fourth-order valence-corrected chi connectivity index (χ4v) is 1.75. The lowest BCUT2D eigenvalue weighted by atomic mass is 9.99. The van der Waals surface area contributed by atoms with Gasteiger partial charge in [0.2, 0.25) is 0 Å². The Hall–Kier alpha value is -1.82. The maximum absolute atomic E-state index is 4.06. The molecule has 0 nitrogen and oxygen atoms in total. The van der Waals surface area contributed by atoms with Crippen LogP contribution in [0.2, 0.25) is 0 Å². The van der Waals surface area contributed by atoms with Crippen molar-refractivity contribution in [2.45, 2.75) is 34.6 Å². The molecule has 0 saturated carbocycles. The molecular formula is C20H26. The molecular weight excluding hydrogens is 240 g/mol. The minimum Gasteiger partial charge on any atom is -0.0955 e. The summed E-state index contributed by atoms with van der Waals surface area (Å²) < 4.78 is 0. The molecule has 0 aromatic heterocycles. The second-order valence-corrected chi connectivity index (χ2v) is 5.66. The van der Waals surface area contributed by atoms with E-state index in [-0.39, 0.29) is 0 Å². The summed E-state index contributed by atoms with van der Waals surface area (Å²) in [7, 11) is 0. The average molecular weight is 266 g/mol. The average Bonchev–Trinajstić information content (AvgIpc) is 2.39. The summed E-state index contributed by atoms with van der Waals surface area (Å²) in [6, 6.07) is 8.40. The maximum atomic E-state index is 4.06. The van der Waals surface area contributed by atoms with Crippen molar-refractivity contribution < 1.29 is 0 Å². The molecule has 0 aliphatic heterocycles. The van der Waals surface area contributed by atoms with Crippen LogP contribution in [0.1, 0.15) is 38.8 Å². The molecule has 0 aliphatic rings. The number of hydrogen-bond acceptors (Lipinski definition) is 0. The monoisotopic (exact) mass is 266 g/mol. The van der Waals surface area contributed by atoms with Crippen molar-refractivity contribution >= 4 is 6.08 Å². The highest BCUT2D eigenvalue weighted by molar-refractivity contribution is 5.56. The lowest BCUT2D eigenvalue weighted by Gasteiger charge is -2.07. The Balaban J connectivity index is 2.97. The third-order valence-electron chi connectivity index (χ3n) is 3.53. The van der Waals surface area contributed by atoms with Gasteiger partial charge in [0.1, 0.15) is 0 Å². The quantitative estimate of drug-likeness (QED) is 0.564. The lowest BCUT2D eigenvalue weighted by Crippen LogP contribution is -1.90. The molecule has 0 fully saturated rings. The van der Waals surface area contributed by atoms with Gasteiger partial charge in [0.25, 0.3) is 0 Å². The lowest BCUT2D eigenvalue weighted by molar-refractivity contribution is 0.768. The van der Waals surface area contributed by atoms with E-state index in [2.05, 4.69) is 89.8 Å². The third kappa shape index (κ3) is 5.05. The van der Waals surface area contributed by atoms with Gasteiger partial charge in [0, 0.05) is 0 Å². The number of allylic oxidation sites excluding steroid dienone is 6. The van der Waals surface area contributed by atoms with Crippen LogP contribution in [0.3, 0.4) is 0 Å². The first-order valence-electron chi connectivity index (χ1n) is 7.20. The van der Waals surface area contributed by atoms with Gasteiger partial charge in [-0.25, -0.2) is 0 Å². The first-order valence-corrected chi connectivity index (χ1v) is 7.20. The van der Waals surface area contributed by atoms with Gasteiger partial charge in [-0.1, -0.05) is 80.1 Å². The first-order chi connectivity index (χ1) is 9.41. The van der Waals surface area contributed by atoms with Gasteiger partial charge in [-0.2, -0.15) is 0 Å². The number of aryl methyl sites for hydroxylation is 1. The van der Waals surface area contributed by atoms with Crippen molar-refractivity contribution in [3.8, 4) is 0 Å². The molecule has 20 heavy (non-hydrogen) atoms. The van der Waals surface area contributed by atoms with Crippen molar-refractivity contribution in [3.63, 3.8) is 0 Å². The predicted molar refractivity (Wildman–Crippen MR) is 91.7 cm³/mol. The van der Waals surface area contributed by atoms with Crippen molar-refractivity contribution in [1.29, 1.82) is 0 Å². The molecule has 0 heteroatoms. The topological polar surface area (TPSA) is 0 Å². The molecule has 1 aromatic carbocycles. The number of hydrogen-bond donors (Lipinski definition) is 0. The highest BCUT2D eigenvalue weighted by Crippen LogP contribution is 2.17. The second kappa shape index (κ2) is 7.69. The fraction of sp³-hybridized carbons (Fsp3) is 0.300. The summed E-state index contributed by atoms with van der Waals surface area (Å²) in [5.74, 6) is 0.568. The van der Waals surface area contributed by atoms with Crippen LogP contribution in [0.4, 0.5) is 0 Å². The van der Waals surface area contributed by atoms with Crippen molar-refractivity contribution in [2.75, 3.05) is 0 Å². The van der Waals surface area contributed by atoms with E-state index in [1.165, 1.54) is 22.3 Å². The van der Waals surface area contributed by atoms with Gasteiger partial charge in [-0.3, -0.25) is 0 Å². The van der Waals surface area contributed by atoms with Crippen LogP contribution in [0, 0.1) is 12.8 Å². The highest BCUT2D eigenvalue weighted by atomic mass is 14.0. The standard InChI is InChI=1S/C20H26/c1-15(2)18(6)14-20(16(3)4)13-9-12-19-11-8-7-10-17(19)5/h7-15H,3H2,1-2,4-6H3/b12-9+,18-14+,20-13+. The molecule has 1 rings (SSSR count). The highest BCUT2D eigenvalue weighted by Gasteiger charge is 1.99. The second-order valence-electron chi connectivity index (χ2n) is 5.66. The van der Waals surface area contributed by atoms with E-state index in [1.54, 1.807) is 0 Å². The zero-order valence-electron chi connectivity index (χ0n) is 13.4. The maximum Gasteiger partial charge on any atom is -0.0227 e. The molecule has 0 unspecified atom stereocenters. The largest absolute Gasteiger partial charge is 0.0955 e. The van der Waals surface area contributed by atoms with Crippen LogP contribution < -0.4 is 0 Å². The molecule has 0 spiro atoms. The van der Waals surface area contributed by atoms with E-state index in [1.807, 2.05) is 0 Å². The summed E-state index contributed by atoms with van der Waals surface area (Å²) in [6.45, 7) is 14.8. The Morgan fingerprint density at radius 2 is 1.80 bits per heavy atom. The molecule has 0 N–H and O–H groups in total. The van der Waals surface area contributed by atoms with Crippen LogP contribution in [0.25, 0.3) is 6.08 Å². The van der Waals surface area contributed by atoms with Crippen molar-refractivity contribution in [1.82, 2.24) is 0 Å². The van der Waals surface area contributed by atoms with Crippen LogP contribution in [-0.2, 0) is 0 Å². The molecule has 0 saturated heterocycles. The minimum atomic E-state index is 0.568. The normalized spacial score (nSPS) is 13.3. The van der Waals surface area contributed by atoms with Gasteiger partial charge in [-0.05, 0) is 43.4 Å². The molecule has 0 heterocycles. The Labute approximate surface area is 124 Å². The van der Waals surface area contributed by atoms with Crippen molar-refractivity contribution in [2.24, 2.45) is 5.92 Å². The Bertz CT molecular complexity index is 551. The van der Waals surface area contributed by atoms with Gasteiger partial charge >= 0.3 is 0 Å². The summed E-state index contributed by atoms with van der Waals surface area (Å²) >= 11 is 0. The van der Waals surface area contributed by atoms with Crippen LogP contribution in [0.5, 0.6) is 0 Å². The van der Waals surface area contributed by atoms with Gasteiger partial charge < -0.3 is 0 Å². The molecule has 0 atom stereocenters. The summed E-state index contributed by atoms with van der Waals surface area (Å²) in [5.41, 5.74) is 6.22. The SMILES string of the molecule is C=C(C)C(=C/C=C/c1ccccc1C)/C=C(\C)C(C)C. The van der Waals surface area contributed by atoms with Crippen LogP contribution >= 0.6 is 0 Å². The number of benzene rings is 1. The Morgan fingerprint density at radius 3 is 2.35 bits per heavy atom.